The Labute approximate surface area is 220 Å². The Morgan fingerprint density at radius 2 is 1.34 bits per heavy atom. The molecule has 38 heavy (non-hydrogen) atoms. The van der Waals surface area contributed by atoms with E-state index < -0.39 is 24.0 Å². The first-order valence-corrected chi connectivity index (χ1v) is 13.0. The van der Waals surface area contributed by atoms with E-state index >= 15 is 0 Å². The molecule has 6 rings (SSSR count). The van der Waals surface area contributed by atoms with E-state index in [9.17, 15) is 19.2 Å². The first kappa shape index (κ1) is 24.1. The average Bonchev–Trinajstić information content (AvgIpc) is 3.09. The molecular formula is C30H28N4O4. The summed E-state index contributed by atoms with van der Waals surface area (Å²) in [5.74, 6) is -1.33. The lowest BCUT2D eigenvalue weighted by Crippen LogP contribution is -2.59. The Hall–Kier alpha value is -4.30. The number of rotatable bonds is 4. The van der Waals surface area contributed by atoms with Crippen molar-refractivity contribution in [1.82, 2.24) is 10.2 Å². The van der Waals surface area contributed by atoms with Crippen molar-refractivity contribution in [3.63, 3.8) is 0 Å². The van der Waals surface area contributed by atoms with Crippen molar-refractivity contribution in [3.8, 4) is 0 Å². The van der Waals surface area contributed by atoms with Crippen molar-refractivity contribution in [2.45, 2.75) is 44.4 Å². The van der Waals surface area contributed by atoms with Crippen molar-refractivity contribution >= 4 is 35.0 Å². The maximum atomic E-state index is 14.0. The highest BCUT2D eigenvalue weighted by molar-refractivity contribution is 6.23. The molecule has 1 saturated heterocycles. The highest BCUT2D eigenvalue weighted by Crippen LogP contribution is 2.36. The SMILES string of the molecule is O=C1c2ccccc2C(=O)N1CC(=O)N1c2ccccc2N(Cc2ccccc2)C(=O)C2CCCCC1N2. The number of para-hydroxylation sites is 2. The van der Waals surface area contributed by atoms with Gasteiger partial charge in [0.25, 0.3) is 11.8 Å². The minimum absolute atomic E-state index is 0.0272. The topological polar surface area (TPSA) is 90.0 Å². The molecule has 2 bridgehead atoms. The first-order valence-electron chi connectivity index (χ1n) is 13.0. The molecule has 0 radical (unpaired) electrons. The zero-order chi connectivity index (χ0) is 26.2. The Morgan fingerprint density at radius 1 is 0.737 bits per heavy atom. The largest absolute Gasteiger partial charge is 0.305 e. The van der Waals surface area contributed by atoms with Gasteiger partial charge in [-0.3, -0.25) is 34.3 Å². The summed E-state index contributed by atoms with van der Waals surface area (Å²) < 4.78 is 0. The quantitative estimate of drug-likeness (QED) is 0.543. The molecule has 8 nitrogen and oxygen atoms in total. The van der Waals surface area contributed by atoms with Gasteiger partial charge in [0.15, 0.2) is 0 Å². The lowest BCUT2D eigenvalue weighted by Gasteiger charge is -2.40. The van der Waals surface area contributed by atoms with Gasteiger partial charge in [-0.1, -0.05) is 61.0 Å². The van der Waals surface area contributed by atoms with Gasteiger partial charge in [0, 0.05) is 0 Å². The van der Waals surface area contributed by atoms with Crippen LogP contribution in [0.3, 0.4) is 0 Å². The summed E-state index contributed by atoms with van der Waals surface area (Å²) in [6.45, 7) is -0.0177. The molecule has 3 aromatic carbocycles. The second kappa shape index (κ2) is 9.87. The molecule has 4 amide bonds. The van der Waals surface area contributed by atoms with E-state index in [1.165, 1.54) is 0 Å². The molecule has 1 fully saturated rings. The lowest BCUT2D eigenvalue weighted by molar-refractivity contribution is -0.122. The molecule has 0 aliphatic carbocycles. The van der Waals surface area contributed by atoms with Crippen LogP contribution in [0.15, 0.2) is 78.9 Å². The summed E-state index contributed by atoms with van der Waals surface area (Å²) in [6.07, 6.45) is 2.59. The van der Waals surface area contributed by atoms with E-state index in [2.05, 4.69) is 5.32 Å². The van der Waals surface area contributed by atoms with Gasteiger partial charge in [0.1, 0.15) is 6.54 Å². The Bertz CT molecular complexity index is 1390. The van der Waals surface area contributed by atoms with Crippen molar-refractivity contribution in [2.75, 3.05) is 16.3 Å². The van der Waals surface area contributed by atoms with E-state index in [0.717, 1.165) is 23.3 Å². The van der Waals surface area contributed by atoms with E-state index in [-0.39, 0.29) is 18.4 Å². The van der Waals surface area contributed by atoms with E-state index in [1.807, 2.05) is 54.6 Å². The molecule has 2 atom stereocenters. The van der Waals surface area contributed by atoms with E-state index in [4.69, 9.17) is 0 Å². The number of benzene rings is 3. The summed E-state index contributed by atoms with van der Waals surface area (Å²) in [5, 5.41) is 3.45. The molecule has 8 heteroatoms. The number of amides is 4. The number of fused-ring (bicyclic) bond motifs is 4. The minimum atomic E-state index is -0.466. The molecule has 0 spiro atoms. The van der Waals surface area contributed by atoms with Crippen LogP contribution in [0.1, 0.15) is 52.0 Å². The summed E-state index contributed by atoms with van der Waals surface area (Å²) in [7, 11) is 0. The third kappa shape index (κ3) is 4.16. The van der Waals surface area contributed by atoms with Crippen LogP contribution in [0.4, 0.5) is 11.4 Å². The third-order valence-electron chi connectivity index (χ3n) is 7.55. The van der Waals surface area contributed by atoms with Crippen LogP contribution in [0, 0.1) is 0 Å². The number of nitrogens with one attached hydrogen (secondary N) is 1. The predicted molar refractivity (Wildman–Crippen MR) is 143 cm³/mol. The van der Waals surface area contributed by atoms with Gasteiger partial charge in [-0.2, -0.15) is 0 Å². The van der Waals surface area contributed by atoms with Gasteiger partial charge >= 0.3 is 0 Å². The Balaban J connectivity index is 1.39. The summed E-state index contributed by atoms with van der Waals surface area (Å²) in [4.78, 5) is 58.4. The summed E-state index contributed by atoms with van der Waals surface area (Å²) in [6, 6.07) is 23.3. The van der Waals surface area contributed by atoms with Gasteiger partial charge in [0.2, 0.25) is 11.8 Å². The number of imide groups is 1. The van der Waals surface area contributed by atoms with Gasteiger partial charge in [0.05, 0.1) is 41.3 Å². The van der Waals surface area contributed by atoms with Crippen molar-refractivity contribution in [2.24, 2.45) is 0 Å². The molecule has 2 unspecified atom stereocenters. The summed E-state index contributed by atoms with van der Waals surface area (Å²) >= 11 is 0. The van der Waals surface area contributed by atoms with Crippen LogP contribution < -0.4 is 15.1 Å². The van der Waals surface area contributed by atoms with E-state index in [0.29, 0.717) is 41.9 Å². The molecule has 0 saturated carbocycles. The zero-order valence-corrected chi connectivity index (χ0v) is 20.9. The van der Waals surface area contributed by atoms with Gasteiger partial charge in [-0.15, -0.1) is 0 Å². The lowest BCUT2D eigenvalue weighted by atomic mass is 10.1. The van der Waals surface area contributed by atoms with Crippen LogP contribution in [0.5, 0.6) is 0 Å². The smallest absolute Gasteiger partial charge is 0.262 e. The minimum Gasteiger partial charge on any atom is -0.305 e. The summed E-state index contributed by atoms with van der Waals surface area (Å²) in [5.41, 5.74) is 2.81. The number of hydrogen-bond acceptors (Lipinski definition) is 5. The normalized spacial score (nSPS) is 20.9. The highest BCUT2D eigenvalue weighted by Gasteiger charge is 2.41. The standard InChI is InChI=1S/C30H28N4O4/c35-27(19-33-28(36)21-12-4-5-13-22(21)29(33)37)34-25-16-8-7-15-24(25)32(18-20-10-2-1-3-11-20)30(38)23-14-6-9-17-26(34)31-23/h1-5,7-8,10-13,15-16,23,26,31H,6,9,14,17-19H2. The molecule has 3 aliphatic rings. The van der Waals surface area contributed by atoms with Gasteiger partial charge < -0.3 is 4.90 Å². The monoisotopic (exact) mass is 508 g/mol. The number of carbonyl (C=O) groups is 4. The van der Waals surface area contributed by atoms with Crippen LogP contribution in [-0.4, -0.2) is 47.3 Å². The van der Waals surface area contributed by atoms with Crippen molar-refractivity contribution in [3.05, 3.63) is 95.6 Å². The molecule has 3 aromatic rings. The Morgan fingerprint density at radius 3 is 2.05 bits per heavy atom. The molecule has 0 aromatic heterocycles. The van der Waals surface area contributed by atoms with Crippen LogP contribution >= 0.6 is 0 Å². The maximum absolute atomic E-state index is 14.0. The third-order valence-corrected chi connectivity index (χ3v) is 7.55. The molecular weight excluding hydrogens is 480 g/mol. The molecule has 192 valence electrons. The maximum Gasteiger partial charge on any atom is 0.262 e. The van der Waals surface area contributed by atoms with Crippen molar-refractivity contribution < 1.29 is 19.2 Å². The highest BCUT2D eigenvalue weighted by atomic mass is 16.2. The van der Waals surface area contributed by atoms with Crippen LogP contribution in [0.25, 0.3) is 0 Å². The fourth-order valence-corrected chi connectivity index (χ4v) is 5.69. The fraction of sp³-hybridized carbons (Fsp3) is 0.267. The van der Waals surface area contributed by atoms with E-state index in [1.54, 1.807) is 34.1 Å². The fourth-order valence-electron chi connectivity index (χ4n) is 5.69. The van der Waals surface area contributed by atoms with Crippen molar-refractivity contribution in [1.29, 1.82) is 0 Å². The Kier molecular flexibility index (Phi) is 6.25. The molecule has 1 N–H and O–H groups in total. The zero-order valence-electron chi connectivity index (χ0n) is 20.9. The van der Waals surface area contributed by atoms with Crippen LogP contribution in [-0.2, 0) is 16.1 Å². The number of carbonyl (C=O) groups excluding carboxylic acids is 4. The molecule has 3 heterocycles. The number of anilines is 2. The second-order valence-corrected chi connectivity index (χ2v) is 9.92. The first-order chi connectivity index (χ1) is 18.5. The second-order valence-electron chi connectivity index (χ2n) is 9.92. The number of hydrogen-bond donors (Lipinski definition) is 1. The predicted octanol–water partition coefficient (Wildman–Crippen LogP) is 3.72. The average molecular weight is 509 g/mol. The van der Waals surface area contributed by atoms with Gasteiger partial charge in [-0.25, -0.2) is 0 Å². The number of nitrogens with zero attached hydrogens (tertiary/aromatic N) is 3. The molecule has 3 aliphatic heterocycles. The van der Waals surface area contributed by atoms with Gasteiger partial charge in [-0.05, 0) is 49.1 Å². The van der Waals surface area contributed by atoms with Crippen LogP contribution in [0.2, 0.25) is 0 Å².